The first-order valence-electron chi connectivity index (χ1n) is 8.85. The number of benzene rings is 1. The van der Waals surface area contributed by atoms with Gasteiger partial charge in [0.25, 0.3) is 0 Å². The van der Waals surface area contributed by atoms with E-state index in [1.807, 2.05) is 38.2 Å². The highest BCUT2D eigenvalue weighted by molar-refractivity contribution is 5.58. The summed E-state index contributed by atoms with van der Waals surface area (Å²) in [5, 5.41) is 6.31. The summed E-state index contributed by atoms with van der Waals surface area (Å²) in [5.41, 5.74) is 2.81. The van der Waals surface area contributed by atoms with Gasteiger partial charge in [0.15, 0.2) is 0 Å². The molecule has 0 amide bonds. The van der Waals surface area contributed by atoms with Gasteiger partial charge >= 0.3 is 0 Å². The zero-order valence-corrected chi connectivity index (χ0v) is 15.9. The first-order chi connectivity index (χ1) is 12.6. The Hall–Kier alpha value is -2.38. The van der Waals surface area contributed by atoms with E-state index in [0.29, 0.717) is 12.6 Å². The molecule has 0 spiro atoms. The highest BCUT2D eigenvalue weighted by Crippen LogP contribution is 2.26. The monoisotopic (exact) mass is 357 g/mol. The molecule has 0 radical (unpaired) electrons. The fraction of sp³-hybridized carbons (Fsp3) is 0.474. The van der Waals surface area contributed by atoms with Gasteiger partial charge in [0.05, 0.1) is 19.8 Å². The van der Waals surface area contributed by atoms with Crippen molar-refractivity contribution in [3.05, 3.63) is 35.5 Å². The molecule has 7 nitrogen and oxygen atoms in total. The van der Waals surface area contributed by atoms with Crippen molar-refractivity contribution in [2.24, 2.45) is 0 Å². The van der Waals surface area contributed by atoms with Gasteiger partial charge in [-0.15, -0.1) is 0 Å². The van der Waals surface area contributed by atoms with Crippen LogP contribution in [0.4, 0.5) is 17.5 Å². The molecule has 26 heavy (non-hydrogen) atoms. The fourth-order valence-electron chi connectivity index (χ4n) is 3.09. The van der Waals surface area contributed by atoms with Gasteiger partial charge in [-0.05, 0) is 38.6 Å². The third kappa shape index (κ3) is 4.62. The number of nitrogens with zero attached hydrogens (tertiary/aromatic N) is 3. The van der Waals surface area contributed by atoms with Crippen molar-refractivity contribution >= 4 is 17.5 Å². The maximum absolute atomic E-state index is 6.07. The fourth-order valence-corrected chi connectivity index (χ4v) is 3.09. The van der Waals surface area contributed by atoms with Gasteiger partial charge < -0.3 is 25.0 Å². The quantitative estimate of drug-likeness (QED) is 0.789. The summed E-state index contributed by atoms with van der Waals surface area (Å²) in [6.07, 6.45) is 1.35. The highest BCUT2D eigenvalue weighted by Gasteiger charge is 2.20. The number of ether oxygens (including phenoxy) is 2. The zero-order chi connectivity index (χ0) is 18.5. The van der Waals surface area contributed by atoms with E-state index in [1.165, 1.54) is 0 Å². The smallest absolute Gasteiger partial charge is 0.229 e. The third-order valence-electron chi connectivity index (χ3n) is 4.47. The lowest BCUT2D eigenvalue weighted by atomic mass is 10.2. The minimum absolute atomic E-state index is 0.277. The number of methoxy groups -OCH3 is 1. The second-order valence-corrected chi connectivity index (χ2v) is 6.60. The van der Waals surface area contributed by atoms with Gasteiger partial charge in [0, 0.05) is 43.1 Å². The molecule has 1 saturated heterocycles. The standard InChI is InChI=1S/C19H27N5O2/c1-13-9-18(20-2)23-19(21-13)22-15-5-6-17(25-4)14(10-15)12-26-16-7-8-24(3)11-16/h5-6,9-10,16H,7-8,11-12H2,1-4H3,(H2,20,21,22,23). The largest absolute Gasteiger partial charge is 0.496 e. The van der Waals surface area contributed by atoms with Crippen molar-refractivity contribution < 1.29 is 9.47 Å². The summed E-state index contributed by atoms with van der Waals surface area (Å²) in [5.74, 6) is 2.16. The van der Waals surface area contributed by atoms with E-state index in [2.05, 4.69) is 32.5 Å². The lowest BCUT2D eigenvalue weighted by Gasteiger charge is -2.15. The number of nitrogens with one attached hydrogen (secondary N) is 2. The summed E-state index contributed by atoms with van der Waals surface area (Å²) >= 11 is 0. The number of anilines is 3. The number of aromatic nitrogens is 2. The predicted octanol–water partition coefficient (Wildman–Crippen LogP) is 2.80. The average Bonchev–Trinajstić information content (AvgIpc) is 3.05. The first kappa shape index (κ1) is 18.4. The van der Waals surface area contributed by atoms with Crippen molar-refractivity contribution in [2.45, 2.75) is 26.1 Å². The molecular weight excluding hydrogens is 330 g/mol. The van der Waals surface area contributed by atoms with Crippen molar-refractivity contribution in [2.75, 3.05) is 44.9 Å². The molecular formula is C19H27N5O2. The molecule has 140 valence electrons. The Balaban J connectivity index is 1.73. The average molecular weight is 357 g/mol. The molecule has 0 aliphatic carbocycles. The van der Waals surface area contributed by atoms with E-state index in [4.69, 9.17) is 9.47 Å². The van der Waals surface area contributed by atoms with Gasteiger partial charge in [-0.25, -0.2) is 4.98 Å². The summed E-state index contributed by atoms with van der Waals surface area (Å²) in [6.45, 7) is 4.53. The summed E-state index contributed by atoms with van der Waals surface area (Å²) < 4.78 is 11.6. The Morgan fingerprint density at radius 2 is 2.12 bits per heavy atom. The molecule has 1 aliphatic rings. The van der Waals surface area contributed by atoms with Gasteiger partial charge in [0.2, 0.25) is 5.95 Å². The third-order valence-corrected chi connectivity index (χ3v) is 4.47. The predicted molar refractivity (Wildman–Crippen MR) is 103 cm³/mol. The number of likely N-dealkylation sites (tertiary alicyclic amines) is 1. The lowest BCUT2D eigenvalue weighted by Crippen LogP contribution is -2.19. The molecule has 1 aromatic carbocycles. The Morgan fingerprint density at radius 1 is 1.27 bits per heavy atom. The van der Waals surface area contributed by atoms with Crippen LogP contribution in [0.3, 0.4) is 0 Å². The molecule has 1 atom stereocenters. The highest BCUT2D eigenvalue weighted by atomic mass is 16.5. The molecule has 7 heteroatoms. The molecule has 2 aromatic rings. The number of hydrogen-bond acceptors (Lipinski definition) is 7. The molecule has 3 rings (SSSR count). The molecule has 1 aliphatic heterocycles. The van der Waals surface area contributed by atoms with Gasteiger partial charge in [-0.2, -0.15) is 4.98 Å². The number of aryl methyl sites for hydroxylation is 1. The summed E-state index contributed by atoms with van der Waals surface area (Å²) in [7, 11) is 5.64. The van der Waals surface area contributed by atoms with Crippen LogP contribution in [-0.4, -0.2) is 55.3 Å². The first-order valence-corrected chi connectivity index (χ1v) is 8.85. The Bertz CT molecular complexity index is 753. The van der Waals surface area contributed by atoms with Crippen LogP contribution in [0.5, 0.6) is 5.75 Å². The van der Waals surface area contributed by atoms with Crippen molar-refractivity contribution in [1.29, 1.82) is 0 Å². The van der Waals surface area contributed by atoms with Crippen LogP contribution in [0.25, 0.3) is 0 Å². The van der Waals surface area contributed by atoms with Crippen molar-refractivity contribution in [1.82, 2.24) is 14.9 Å². The van der Waals surface area contributed by atoms with Gasteiger partial charge in [-0.1, -0.05) is 0 Å². The van der Waals surface area contributed by atoms with E-state index in [-0.39, 0.29) is 6.10 Å². The normalized spacial score (nSPS) is 17.3. The van der Waals surface area contributed by atoms with Crippen LogP contribution in [0.1, 0.15) is 17.7 Å². The zero-order valence-electron chi connectivity index (χ0n) is 15.9. The molecule has 0 bridgehead atoms. The maximum Gasteiger partial charge on any atom is 0.229 e. The minimum atomic E-state index is 0.277. The van der Waals surface area contributed by atoms with Crippen LogP contribution >= 0.6 is 0 Å². The Kier molecular flexibility index (Phi) is 5.90. The van der Waals surface area contributed by atoms with E-state index in [1.54, 1.807) is 7.11 Å². The minimum Gasteiger partial charge on any atom is -0.496 e. The second-order valence-electron chi connectivity index (χ2n) is 6.60. The van der Waals surface area contributed by atoms with Crippen molar-refractivity contribution in [3.8, 4) is 5.75 Å². The number of hydrogen-bond donors (Lipinski definition) is 2. The second kappa shape index (κ2) is 8.33. The van der Waals surface area contributed by atoms with E-state index in [9.17, 15) is 0 Å². The van der Waals surface area contributed by atoms with Gasteiger partial charge in [0.1, 0.15) is 11.6 Å². The molecule has 1 fully saturated rings. The number of rotatable bonds is 7. The van der Waals surface area contributed by atoms with E-state index >= 15 is 0 Å². The van der Waals surface area contributed by atoms with Crippen LogP contribution in [0.15, 0.2) is 24.3 Å². The SMILES string of the molecule is CNc1cc(C)nc(Nc2ccc(OC)c(COC3CCN(C)C3)c2)n1. The maximum atomic E-state index is 6.07. The topological polar surface area (TPSA) is 71.5 Å². The van der Waals surface area contributed by atoms with Crippen LogP contribution in [0, 0.1) is 6.92 Å². The van der Waals surface area contributed by atoms with Crippen LogP contribution in [0.2, 0.25) is 0 Å². The summed E-state index contributed by atoms with van der Waals surface area (Å²) in [4.78, 5) is 11.2. The van der Waals surface area contributed by atoms with Crippen LogP contribution in [-0.2, 0) is 11.3 Å². The molecule has 2 N–H and O–H groups in total. The Morgan fingerprint density at radius 3 is 2.81 bits per heavy atom. The van der Waals surface area contributed by atoms with E-state index in [0.717, 1.165) is 48.0 Å². The summed E-state index contributed by atoms with van der Waals surface area (Å²) in [6, 6.07) is 7.83. The van der Waals surface area contributed by atoms with Crippen LogP contribution < -0.4 is 15.4 Å². The molecule has 0 saturated carbocycles. The Labute approximate surface area is 154 Å². The van der Waals surface area contributed by atoms with Gasteiger partial charge in [-0.3, -0.25) is 0 Å². The molecule has 1 unspecified atom stereocenters. The molecule has 2 heterocycles. The van der Waals surface area contributed by atoms with Crippen molar-refractivity contribution in [3.63, 3.8) is 0 Å². The van der Waals surface area contributed by atoms with E-state index < -0.39 is 0 Å². The number of likely N-dealkylation sites (N-methyl/N-ethyl adjacent to an activating group) is 1. The molecule has 1 aromatic heterocycles. The lowest BCUT2D eigenvalue weighted by molar-refractivity contribution is 0.0473.